The largest absolute Gasteiger partial charge is 0.446 e. The first-order chi connectivity index (χ1) is 11.2. The maximum atomic E-state index is 12.5. The summed E-state index contributed by atoms with van der Waals surface area (Å²) >= 11 is 0. The van der Waals surface area contributed by atoms with Crippen LogP contribution in [0.3, 0.4) is 0 Å². The number of imide groups is 1. The highest BCUT2D eigenvalue weighted by Crippen LogP contribution is 2.19. The highest BCUT2D eigenvalue weighted by molar-refractivity contribution is 6.07. The number of hydrogen-bond acceptors (Lipinski definition) is 4. The second-order valence-corrected chi connectivity index (χ2v) is 5.25. The van der Waals surface area contributed by atoms with Crippen molar-refractivity contribution in [1.29, 1.82) is 0 Å². The lowest BCUT2D eigenvalue weighted by atomic mass is 10.0. The molecule has 0 radical (unpaired) electrons. The highest BCUT2D eigenvalue weighted by Gasteiger charge is 2.42. The molecule has 1 atom stereocenters. The van der Waals surface area contributed by atoms with Gasteiger partial charge in [0, 0.05) is 5.56 Å². The van der Waals surface area contributed by atoms with Gasteiger partial charge in [0.15, 0.2) is 5.78 Å². The Morgan fingerprint density at radius 2 is 1.61 bits per heavy atom. The van der Waals surface area contributed by atoms with E-state index >= 15 is 0 Å². The second kappa shape index (κ2) is 6.44. The lowest BCUT2D eigenvalue weighted by Gasteiger charge is -2.18. The van der Waals surface area contributed by atoms with Crippen molar-refractivity contribution in [3.63, 3.8) is 0 Å². The molecule has 2 amide bonds. The van der Waals surface area contributed by atoms with Crippen molar-refractivity contribution in [1.82, 2.24) is 4.90 Å². The van der Waals surface area contributed by atoms with Crippen molar-refractivity contribution < 1.29 is 19.1 Å². The van der Waals surface area contributed by atoms with Crippen LogP contribution in [0.15, 0.2) is 60.7 Å². The molecule has 2 aromatic rings. The monoisotopic (exact) mass is 309 g/mol. The Morgan fingerprint density at radius 1 is 1.00 bits per heavy atom. The first-order valence-electron chi connectivity index (χ1n) is 7.29. The van der Waals surface area contributed by atoms with Gasteiger partial charge in [0.2, 0.25) is 5.91 Å². The zero-order chi connectivity index (χ0) is 16.2. The van der Waals surface area contributed by atoms with E-state index in [1.807, 2.05) is 18.2 Å². The molecule has 116 valence electrons. The summed E-state index contributed by atoms with van der Waals surface area (Å²) in [7, 11) is 0. The molecule has 0 spiro atoms. The Labute approximate surface area is 133 Å². The normalized spacial score (nSPS) is 17.0. The van der Waals surface area contributed by atoms with Crippen molar-refractivity contribution in [2.24, 2.45) is 0 Å². The summed E-state index contributed by atoms with van der Waals surface area (Å²) < 4.78 is 4.92. The molecule has 0 saturated carbocycles. The van der Waals surface area contributed by atoms with E-state index in [9.17, 15) is 14.4 Å². The maximum Gasteiger partial charge on any atom is 0.417 e. The van der Waals surface area contributed by atoms with E-state index in [0.29, 0.717) is 5.56 Å². The summed E-state index contributed by atoms with van der Waals surface area (Å²) in [5.41, 5.74) is 1.23. The quantitative estimate of drug-likeness (QED) is 0.814. The van der Waals surface area contributed by atoms with Crippen LogP contribution in [0.25, 0.3) is 0 Å². The molecule has 2 aromatic carbocycles. The van der Waals surface area contributed by atoms with Crippen LogP contribution in [0, 0.1) is 0 Å². The van der Waals surface area contributed by atoms with Gasteiger partial charge in [-0.2, -0.15) is 0 Å². The third-order valence-corrected chi connectivity index (χ3v) is 3.70. The van der Waals surface area contributed by atoms with Crippen LogP contribution >= 0.6 is 0 Å². The predicted molar refractivity (Wildman–Crippen MR) is 82.9 cm³/mol. The van der Waals surface area contributed by atoms with Gasteiger partial charge in [-0.1, -0.05) is 60.7 Å². The number of carbonyl (C=O) groups is 3. The topological polar surface area (TPSA) is 63.7 Å². The molecule has 0 bridgehead atoms. The highest BCUT2D eigenvalue weighted by atomic mass is 16.6. The van der Waals surface area contributed by atoms with Gasteiger partial charge in [-0.25, -0.2) is 9.69 Å². The zero-order valence-electron chi connectivity index (χ0n) is 12.3. The minimum atomic E-state index is -0.902. The maximum absolute atomic E-state index is 12.5. The number of carbonyl (C=O) groups excluding carboxylic acids is 3. The minimum absolute atomic E-state index is 0.0501. The average molecular weight is 309 g/mol. The van der Waals surface area contributed by atoms with Gasteiger partial charge in [-0.3, -0.25) is 9.59 Å². The van der Waals surface area contributed by atoms with Gasteiger partial charge in [0.25, 0.3) is 0 Å². The van der Waals surface area contributed by atoms with Gasteiger partial charge in [0.1, 0.15) is 12.6 Å². The van der Waals surface area contributed by atoms with Crippen LogP contribution < -0.4 is 0 Å². The van der Waals surface area contributed by atoms with Crippen molar-refractivity contribution in [2.45, 2.75) is 12.5 Å². The van der Waals surface area contributed by atoms with Crippen LogP contribution in [-0.4, -0.2) is 35.3 Å². The lowest BCUT2D eigenvalue weighted by Crippen LogP contribution is -2.44. The summed E-state index contributed by atoms with van der Waals surface area (Å²) in [6, 6.07) is 16.8. The second-order valence-electron chi connectivity index (χ2n) is 5.25. The molecule has 5 heteroatoms. The molecule has 1 aliphatic heterocycles. The van der Waals surface area contributed by atoms with Crippen molar-refractivity contribution >= 4 is 17.8 Å². The first kappa shape index (κ1) is 15.0. The van der Waals surface area contributed by atoms with E-state index in [1.54, 1.807) is 42.5 Å². The molecule has 0 aromatic heterocycles. The van der Waals surface area contributed by atoms with E-state index in [0.717, 1.165) is 10.5 Å². The Balaban J connectivity index is 1.80. The summed E-state index contributed by atoms with van der Waals surface area (Å²) in [6.07, 6.45) is -0.714. The SMILES string of the molecule is O=C(c1ccccc1)[C@@H]1COC(=O)N1C(=O)Cc1ccccc1. The third-order valence-electron chi connectivity index (χ3n) is 3.70. The van der Waals surface area contributed by atoms with Crippen LogP contribution in [0.4, 0.5) is 4.79 Å². The Morgan fingerprint density at radius 3 is 2.26 bits per heavy atom. The predicted octanol–water partition coefficient (Wildman–Crippen LogP) is 2.46. The van der Waals surface area contributed by atoms with Gasteiger partial charge >= 0.3 is 6.09 Å². The number of hydrogen-bond donors (Lipinski definition) is 0. The number of ketones is 1. The number of benzene rings is 2. The Kier molecular flexibility index (Phi) is 4.19. The number of cyclic esters (lactones) is 1. The van der Waals surface area contributed by atoms with Crippen molar-refractivity contribution in [3.8, 4) is 0 Å². The van der Waals surface area contributed by atoms with Gasteiger partial charge < -0.3 is 4.74 Å². The average Bonchev–Trinajstić information content (AvgIpc) is 2.97. The van der Waals surface area contributed by atoms with E-state index in [1.165, 1.54) is 0 Å². The van der Waals surface area contributed by atoms with Crippen LogP contribution in [-0.2, 0) is 16.0 Å². The molecule has 1 aliphatic rings. The van der Waals surface area contributed by atoms with E-state index in [4.69, 9.17) is 4.74 Å². The fourth-order valence-corrected chi connectivity index (χ4v) is 2.54. The lowest BCUT2D eigenvalue weighted by molar-refractivity contribution is -0.128. The molecule has 23 heavy (non-hydrogen) atoms. The van der Waals surface area contributed by atoms with E-state index in [-0.39, 0.29) is 18.8 Å². The van der Waals surface area contributed by atoms with Crippen LogP contribution in [0.5, 0.6) is 0 Å². The number of Topliss-reactive ketones (excluding diaryl/α,β-unsaturated/α-hetero) is 1. The third kappa shape index (κ3) is 3.13. The number of nitrogens with zero attached hydrogens (tertiary/aromatic N) is 1. The minimum Gasteiger partial charge on any atom is -0.446 e. The van der Waals surface area contributed by atoms with Gasteiger partial charge in [0.05, 0.1) is 6.42 Å². The molecule has 1 saturated heterocycles. The standard InChI is InChI=1S/C18H15NO4/c20-16(11-13-7-3-1-4-8-13)19-15(12-23-18(19)22)17(21)14-9-5-2-6-10-14/h1-10,15H,11-12H2/t15-/m0/s1. The van der Waals surface area contributed by atoms with Gasteiger partial charge in [-0.15, -0.1) is 0 Å². The summed E-state index contributed by atoms with van der Waals surface area (Å²) in [4.78, 5) is 37.8. The van der Waals surface area contributed by atoms with Gasteiger partial charge in [-0.05, 0) is 5.56 Å². The fourth-order valence-electron chi connectivity index (χ4n) is 2.54. The smallest absolute Gasteiger partial charge is 0.417 e. The zero-order valence-corrected chi connectivity index (χ0v) is 12.3. The Hall–Kier alpha value is -2.95. The molecule has 5 nitrogen and oxygen atoms in total. The molecule has 0 N–H and O–H groups in total. The molecule has 3 rings (SSSR count). The first-order valence-corrected chi connectivity index (χ1v) is 7.29. The molecular weight excluding hydrogens is 294 g/mol. The molecule has 0 aliphatic carbocycles. The van der Waals surface area contributed by atoms with E-state index < -0.39 is 18.0 Å². The van der Waals surface area contributed by atoms with Crippen LogP contribution in [0.1, 0.15) is 15.9 Å². The molecule has 1 fully saturated rings. The molecule has 0 unspecified atom stereocenters. The van der Waals surface area contributed by atoms with Crippen molar-refractivity contribution in [3.05, 3.63) is 71.8 Å². The molecule has 1 heterocycles. The number of amides is 2. The summed E-state index contributed by atoms with van der Waals surface area (Å²) in [5, 5.41) is 0. The van der Waals surface area contributed by atoms with Crippen LogP contribution in [0.2, 0.25) is 0 Å². The molecular formula is C18H15NO4. The van der Waals surface area contributed by atoms with E-state index in [2.05, 4.69) is 0 Å². The summed E-state index contributed by atoms with van der Waals surface area (Å²) in [6.45, 7) is -0.104. The number of ether oxygens (including phenoxy) is 1. The number of rotatable bonds is 4. The van der Waals surface area contributed by atoms with Crippen molar-refractivity contribution in [2.75, 3.05) is 6.61 Å². The fraction of sp³-hybridized carbons (Fsp3) is 0.167. The Bertz CT molecular complexity index is 727. The summed E-state index contributed by atoms with van der Waals surface area (Å²) in [5.74, 6) is -0.731.